The Labute approximate surface area is 224 Å². The van der Waals surface area contributed by atoms with Crippen molar-refractivity contribution in [1.29, 1.82) is 0 Å². The Kier molecular flexibility index (Phi) is 7.50. The Balaban J connectivity index is 1.49. The lowest BCUT2D eigenvalue weighted by Crippen LogP contribution is -2.28. The summed E-state index contributed by atoms with van der Waals surface area (Å²) in [4.78, 5) is 12.6. The van der Waals surface area contributed by atoms with Crippen LogP contribution in [0.15, 0.2) is 28.5 Å². The van der Waals surface area contributed by atoms with Crippen LogP contribution in [0.5, 0.6) is 0 Å². The van der Waals surface area contributed by atoms with E-state index in [0.29, 0.717) is 11.5 Å². The van der Waals surface area contributed by atoms with Crippen LogP contribution in [0, 0.1) is 11.7 Å². The van der Waals surface area contributed by atoms with E-state index in [4.69, 9.17) is 23.2 Å². The molecule has 0 unspecified atom stereocenters. The topological polar surface area (TPSA) is 68.2 Å². The third kappa shape index (κ3) is 5.23. The summed E-state index contributed by atoms with van der Waals surface area (Å²) in [7, 11) is -4.13. The number of halogens is 3. The van der Waals surface area contributed by atoms with Gasteiger partial charge >= 0.3 is 0 Å². The molecule has 10 heteroatoms. The highest BCUT2D eigenvalue weighted by Gasteiger charge is 2.25. The molecule has 1 amide bonds. The minimum atomic E-state index is -4.13. The zero-order valence-corrected chi connectivity index (χ0v) is 22.8. The number of fused-ring (bicyclic) bond motifs is 3. The molecule has 0 spiro atoms. The van der Waals surface area contributed by atoms with Crippen LogP contribution in [0.25, 0.3) is 17.0 Å². The molecule has 0 saturated heterocycles. The fourth-order valence-corrected chi connectivity index (χ4v) is 8.39. The quantitative estimate of drug-likeness (QED) is 0.321. The van der Waals surface area contributed by atoms with Crippen molar-refractivity contribution in [2.45, 2.75) is 68.5 Å². The van der Waals surface area contributed by atoms with Gasteiger partial charge in [-0.15, -0.1) is 11.3 Å². The number of benzene rings is 1. The number of amides is 1. The number of carbonyl (C=O) groups excluding carboxylic acids is 1. The van der Waals surface area contributed by atoms with E-state index < -0.39 is 15.9 Å². The van der Waals surface area contributed by atoms with Crippen LogP contribution in [-0.2, 0) is 34.2 Å². The molecule has 2 aliphatic rings. The maximum Gasteiger partial charge on any atom is 0.273 e. The van der Waals surface area contributed by atoms with Crippen molar-refractivity contribution < 1.29 is 17.6 Å². The normalized spacial score (nSPS) is 17.1. The van der Waals surface area contributed by atoms with Crippen molar-refractivity contribution in [3.63, 3.8) is 0 Å². The first kappa shape index (κ1) is 25.8. The summed E-state index contributed by atoms with van der Waals surface area (Å²) >= 11 is 12.5. The number of rotatable bonds is 6. The largest absolute Gasteiger partial charge is 0.344 e. The lowest BCUT2D eigenvalue weighted by atomic mass is 9.89. The first-order valence-corrected chi connectivity index (χ1v) is 15.3. The monoisotopic (exact) mass is 568 g/mol. The number of hydrogen-bond donors (Lipinski definition) is 1. The fraction of sp³-hybridized carbons (Fsp3) is 0.423. The molecule has 5 nitrogen and oxygen atoms in total. The Morgan fingerprint density at radius 1 is 1.11 bits per heavy atom. The first-order valence-electron chi connectivity index (χ1n) is 12.3. The average Bonchev–Trinajstić information content (AvgIpc) is 3.35. The predicted octanol–water partition coefficient (Wildman–Crippen LogP) is 7.13. The van der Waals surface area contributed by atoms with Crippen molar-refractivity contribution in [3.05, 3.63) is 56.3 Å². The molecular formula is C26H27Cl2FN2O3S2. The number of thiophene rings is 1. The molecule has 0 aliphatic heterocycles. The third-order valence-electron chi connectivity index (χ3n) is 7.17. The van der Waals surface area contributed by atoms with Gasteiger partial charge in [0.25, 0.3) is 15.9 Å². The molecule has 1 N–H and O–H groups in total. The molecule has 2 heterocycles. The molecule has 1 aromatic carbocycles. The lowest BCUT2D eigenvalue weighted by Gasteiger charge is -2.25. The van der Waals surface area contributed by atoms with Crippen LogP contribution in [0.2, 0.25) is 9.36 Å². The van der Waals surface area contributed by atoms with Crippen LogP contribution in [0.1, 0.15) is 61.8 Å². The molecule has 1 fully saturated rings. The highest BCUT2D eigenvalue weighted by Crippen LogP contribution is 2.37. The number of sulfonamides is 1. The van der Waals surface area contributed by atoms with Crippen molar-refractivity contribution >= 4 is 67.4 Å². The van der Waals surface area contributed by atoms with Gasteiger partial charge in [-0.1, -0.05) is 42.5 Å². The van der Waals surface area contributed by atoms with Crippen molar-refractivity contribution in [2.75, 3.05) is 0 Å². The van der Waals surface area contributed by atoms with E-state index in [9.17, 15) is 17.6 Å². The third-order valence-corrected chi connectivity index (χ3v) is 10.9. The SMILES string of the molecule is O=C(/C=C/c1cc(F)cc2c3c(n(CC4CCCCC4)c12)CCCC3)NS(=O)(=O)c1cc(Cl)c(Cl)s1. The van der Waals surface area contributed by atoms with E-state index in [0.717, 1.165) is 60.5 Å². The second kappa shape index (κ2) is 10.5. The van der Waals surface area contributed by atoms with E-state index in [-0.39, 0.29) is 19.4 Å². The number of nitrogens with zero attached hydrogens (tertiary/aromatic N) is 1. The number of carbonyl (C=O) groups is 1. The molecule has 0 bridgehead atoms. The highest BCUT2D eigenvalue weighted by molar-refractivity contribution is 7.92. The minimum Gasteiger partial charge on any atom is -0.344 e. The predicted molar refractivity (Wildman–Crippen MR) is 144 cm³/mol. The number of aromatic nitrogens is 1. The van der Waals surface area contributed by atoms with Gasteiger partial charge in [-0.25, -0.2) is 17.5 Å². The number of aryl methyl sites for hydroxylation is 1. The molecule has 0 atom stereocenters. The smallest absolute Gasteiger partial charge is 0.273 e. The average molecular weight is 570 g/mol. The summed E-state index contributed by atoms with van der Waals surface area (Å²) < 4.78 is 44.2. The second-order valence-corrected chi connectivity index (χ2v) is 13.6. The summed E-state index contributed by atoms with van der Waals surface area (Å²) in [6.45, 7) is 0.888. The van der Waals surface area contributed by atoms with E-state index in [1.807, 2.05) is 4.72 Å². The Hall–Kier alpha value is -1.87. The fourth-order valence-electron chi connectivity index (χ4n) is 5.56. The van der Waals surface area contributed by atoms with Gasteiger partial charge in [0.05, 0.1) is 10.5 Å². The number of nitrogens with one attached hydrogen (secondary N) is 1. The van der Waals surface area contributed by atoms with Crippen LogP contribution in [-0.4, -0.2) is 18.9 Å². The maximum absolute atomic E-state index is 14.7. The van der Waals surface area contributed by atoms with Crippen molar-refractivity contribution in [2.24, 2.45) is 5.92 Å². The Bertz CT molecular complexity index is 1430. The van der Waals surface area contributed by atoms with Crippen LogP contribution >= 0.6 is 34.5 Å². The molecule has 192 valence electrons. The Morgan fingerprint density at radius 3 is 2.58 bits per heavy atom. The summed E-state index contributed by atoms with van der Waals surface area (Å²) in [6.07, 6.45) is 12.9. The van der Waals surface area contributed by atoms with Crippen LogP contribution in [0.4, 0.5) is 4.39 Å². The van der Waals surface area contributed by atoms with Gasteiger partial charge in [0.15, 0.2) is 0 Å². The summed E-state index contributed by atoms with van der Waals surface area (Å²) in [5.41, 5.74) is 3.99. The van der Waals surface area contributed by atoms with E-state index in [2.05, 4.69) is 4.57 Å². The Morgan fingerprint density at radius 2 is 1.86 bits per heavy atom. The number of hydrogen-bond acceptors (Lipinski definition) is 4. The molecule has 36 heavy (non-hydrogen) atoms. The summed E-state index contributed by atoms with van der Waals surface area (Å²) in [6, 6.07) is 4.22. The van der Waals surface area contributed by atoms with Crippen molar-refractivity contribution in [3.8, 4) is 0 Å². The van der Waals surface area contributed by atoms with E-state index in [1.54, 1.807) is 6.07 Å². The van der Waals surface area contributed by atoms with Crippen molar-refractivity contribution in [1.82, 2.24) is 9.29 Å². The first-order chi connectivity index (χ1) is 17.2. The molecule has 2 aromatic heterocycles. The van der Waals surface area contributed by atoms with Gasteiger partial charge in [0, 0.05) is 29.3 Å². The molecule has 5 rings (SSSR count). The van der Waals surface area contributed by atoms with E-state index >= 15 is 0 Å². The molecule has 3 aromatic rings. The molecule has 0 radical (unpaired) electrons. The second-order valence-electron chi connectivity index (χ2n) is 9.63. The zero-order chi connectivity index (χ0) is 25.4. The van der Waals surface area contributed by atoms with Gasteiger partial charge < -0.3 is 4.57 Å². The molecule has 2 aliphatic carbocycles. The van der Waals surface area contributed by atoms with Gasteiger partial charge in [-0.05, 0) is 74.3 Å². The van der Waals surface area contributed by atoms with Crippen LogP contribution < -0.4 is 4.72 Å². The van der Waals surface area contributed by atoms with Gasteiger partial charge in [-0.3, -0.25) is 4.79 Å². The highest BCUT2D eigenvalue weighted by atomic mass is 35.5. The van der Waals surface area contributed by atoms with Gasteiger partial charge in [0.2, 0.25) is 0 Å². The van der Waals surface area contributed by atoms with Crippen LogP contribution in [0.3, 0.4) is 0 Å². The minimum absolute atomic E-state index is 0.106. The van der Waals surface area contributed by atoms with Gasteiger partial charge in [0.1, 0.15) is 14.4 Å². The maximum atomic E-state index is 14.7. The van der Waals surface area contributed by atoms with Gasteiger partial charge in [-0.2, -0.15) is 0 Å². The lowest BCUT2D eigenvalue weighted by molar-refractivity contribution is -0.114. The molecular weight excluding hydrogens is 542 g/mol. The summed E-state index contributed by atoms with van der Waals surface area (Å²) in [5, 5.41) is 1.01. The van der Waals surface area contributed by atoms with E-state index in [1.165, 1.54) is 61.6 Å². The molecule has 1 saturated carbocycles. The zero-order valence-electron chi connectivity index (χ0n) is 19.7. The summed E-state index contributed by atoms with van der Waals surface area (Å²) in [5.74, 6) is -0.621. The standard InChI is InChI=1S/C26H27Cl2FN2O3S2/c27-21-14-24(35-26(21)28)36(33,34)30-23(32)11-10-17-12-18(29)13-20-19-8-4-5-9-22(19)31(25(17)20)15-16-6-2-1-3-7-16/h10-14,16H,1-9,15H2,(H,30,32)/b11-10+.